The molecule has 1 N–H and O–H groups in total. The summed E-state index contributed by atoms with van der Waals surface area (Å²) in [5.74, 6) is 1.01. The van der Waals surface area contributed by atoms with Crippen molar-refractivity contribution in [1.29, 1.82) is 0 Å². The maximum Gasteiger partial charge on any atom is 0.224 e. The lowest BCUT2D eigenvalue weighted by molar-refractivity contribution is -0.137. The molecule has 1 unspecified atom stereocenters. The predicted molar refractivity (Wildman–Crippen MR) is 106 cm³/mol. The van der Waals surface area contributed by atoms with E-state index in [2.05, 4.69) is 15.1 Å². The Labute approximate surface area is 165 Å². The highest BCUT2D eigenvalue weighted by Crippen LogP contribution is 2.39. The monoisotopic (exact) mass is 395 g/mol. The molecule has 25 heavy (non-hydrogen) atoms. The van der Waals surface area contributed by atoms with Crippen LogP contribution >= 0.6 is 24.8 Å². The Hall–Kier alpha value is -0.0700. The first kappa shape index (κ1) is 23.0. The van der Waals surface area contributed by atoms with Gasteiger partial charge in [-0.1, -0.05) is 12.8 Å². The number of likely N-dealkylation sites (tertiary alicyclic amines) is 1. The van der Waals surface area contributed by atoms with Gasteiger partial charge in [-0.2, -0.15) is 0 Å². The molecule has 1 amide bonds. The van der Waals surface area contributed by atoms with Crippen LogP contribution in [0.2, 0.25) is 0 Å². The Morgan fingerprint density at radius 3 is 2.44 bits per heavy atom. The van der Waals surface area contributed by atoms with Gasteiger partial charge in [-0.3, -0.25) is 9.69 Å². The number of morpholine rings is 1. The first-order chi connectivity index (χ1) is 11.2. The molecule has 1 saturated carbocycles. The molecule has 0 spiro atoms. The summed E-state index contributed by atoms with van der Waals surface area (Å²) in [7, 11) is 2.01. The summed E-state index contributed by atoms with van der Waals surface area (Å²) in [6.45, 7) is 6.56. The van der Waals surface area contributed by atoms with Crippen molar-refractivity contribution in [3.8, 4) is 0 Å². The van der Waals surface area contributed by atoms with Crippen LogP contribution in [0.25, 0.3) is 0 Å². The van der Waals surface area contributed by atoms with Crippen LogP contribution in [-0.4, -0.2) is 74.2 Å². The van der Waals surface area contributed by atoms with Crippen molar-refractivity contribution >= 4 is 30.7 Å². The van der Waals surface area contributed by atoms with Gasteiger partial charge in [-0.25, -0.2) is 0 Å². The van der Waals surface area contributed by atoms with Gasteiger partial charge in [0.25, 0.3) is 0 Å². The van der Waals surface area contributed by atoms with Crippen molar-refractivity contribution in [2.75, 3.05) is 53.0 Å². The Balaban J connectivity index is 0.00000156. The highest BCUT2D eigenvalue weighted by molar-refractivity contribution is 5.85. The van der Waals surface area contributed by atoms with Crippen molar-refractivity contribution in [3.05, 3.63) is 0 Å². The topological polar surface area (TPSA) is 44.8 Å². The molecule has 0 aromatic heterocycles. The van der Waals surface area contributed by atoms with Gasteiger partial charge in [0.05, 0.1) is 13.2 Å². The zero-order valence-electron chi connectivity index (χ0n) is 15.5. The Bertz CT molecular complexity index is 398. The molecule has 2 aliphatic heterocycles. The van der Waals surface area contributed by atoms with Crippen LogP contribution in [0.4, 0.5) is 0 Å². The third kappa shape index (κ3) is 5.70. The maximum atomic E-state index is 13.0. The predicted octanol–water partition coefficient (Wildman–Crippen LogP) is 2.32. The maximum absolute atomic E-state index is 13.0. The van der Waals surface area contributed by atoms with E-state index in [9.17, 15) is 4.79 Å². The molecule has 3 rings (SSSR count). The highest BCUT2D eigenvalue weighted by Gasteiger charge is 2.42. The number of carbonyl (C=O) groups excluding carboxylic acids is 1. The smallest absolute Gasteiger partial charge is 0.224 e. The molecule has 7 heteroatoms. The van der Waals surface area contributed by atoms with Crippen LogP contribution in [0.15, 0.2) is 0 Å². The van der Waals surface area contributed by atoms with E-state index < -0.39 is 0 Å². The van der Waals surface area contributed by atoms with E-state index in [4.69, 9.17) is 4.74 Å². The second-order valence-electron chi connectivity index (χ2n) is 7.61. The van der Waals surface area contributed by atoms with E-state index in [-0.39, 0.29) is 30.4 Å². The fourth-order valence-corrected chi connectivity index (χ4v) is 4.82. The van der Waals surface area contributed by atoms with Crippen LogP contribution in [0.1, 0.15) is 44.9 Å². The number of hydrogen-bond donors (Lipinski definition) is 1. The van der Waals surface area contributed by atoms with Crippen LogP contribution < -0.4 is 5.32 Å². The molecule has 148 valence electrons. The SMILES string of the molecule is CNCC1CCCN(C(=O)CC2(N3CCOCC3)CCCC2)C1.Cl.Cl. The first-order valence-electron chi connectivity index (χ1n) is 9.49. The normalized spacial score (nSPS) is 26.6. The average Bonchev–Trinajstić information content (AvgIpc) is 3.06. The van der Waals surface area contributed by atoms with E-state index in [1.807, 2.05) is 7.05 Å². The number of ether oxygens (including phenoxy) is 1. The molecule has 5 nitrogen and oxygen atoms in total. The van der Waals surface area contributed by atoms with Gasteiger partial charge in [0.15, 0.2) is 0 Å². The number of hydrogen-bond acceptors (Lipinski definition) is 4. The van der Waals surface area contributed by atoms with Gasteiger partial charge in [-0.05, 0) is 45.2 Å². The minimum Gasteiger partial charge on any atom is -0.379 e. The molecule has 0 bridgehead atoms. The summed E-state index contributed by atoms with van der Waals surface area (Å²) >= 11 is 0. The zero-order valence-corrected chi connectivity index (χ0v) is 17.1. The minimum atomic E-state index is 0. The summed E-state index contributed by atoms with van der Waals surface area (Å²) in [6.07, 6.45) is 8.04. The Morgan fingerprint density at radius 1 is 1.12 bits per heavy atom. The lowest BCUT2D eigenvalue weighted by Crippen LogP contribution is -2.55. The molecule has 3 fully saturated rings. The minimum absolute atomic E-state index is 0. The van der Waals surface area contributed by atoms with Gasteiger partial charge in [0.2, 0.25) is 5.91 Å². The standard InChI is InChI=1S/C18H33N3O2.2ClH/c1-19-14-16-5-4-8-20(15-16)17(22)13-18(6-2-3-7-18)21-9-11-23-12-10-21;;/h16,19H,2-15H2,1H3;2*1H. The van der Waals surface area contributed by atoms with Crippen molar-refractivity contribution in [3.63, 3.8) is 0 Å². The second kappa shape index (κ2) is 10.9. The number of amides is 1. The molecule has 0 radical (unpaired) electrons. The van der Waals surface area contributed by atoms with Crippen LogP contribution in [0.5, 0.6) is 0 Å². The van der Waals surface area contributed by atoms with Crippen LogP contribution in [0, 0.1) is 5.92 Å². The number of piperidine rings is 1. The van der Waals surface area contributed by atoms with Crippen molar-refractivity contribution in [1.82, 2.24) is 15.1 Å². The number of nitrogens with zero attached hydrogens (tertiary/aromatic N) is 2. The molecule has 3 aliphatic rings. The molecular formula is C18H35Cl2N3O2. The van der Waals surface area contributed by atoms with E-state index >= 15 is 0 Å². The quantitative estimate of drug-likeness (QED) is 0.775. The summed E-state index contributed by atoms with van der Waals surface area (Å²) in [4.78, 5) is 17.7. The van der Waals surface area contributed by atoms with Gasteiger partial charge < -0.3 is 15.0 Å². The number of halogens is 2. The van der Waals surface area contributed by atoms with E-state index in [1.54, 1.807) is 0 Å². The van der Waals surface area contributed by atoms with E-state index in [1.165, 1.54) is 32.1 Å². The zero-order chi connectivity index (χ0) is 16.1. The Kier molecular flexibility index (Phi) is 10.0. The molecule has 0 aromatic carbocycles. The van der Waals surface area contributed by atoms with Crippen molar-refractivity contribution in [2.24, 2.45) is 5.92 Å². The molecular weight excluding hydrogens is 361 g/mol. The summed E-state index contributed by atoms with van der Waals surface area (Å²) in [5, 5.41) is 3.27. The van der Waals surface area contributed by atoms with Gasteiger partial charge in [0, 0.05) is 38.1 Å². The number of carbonyl (C=O) groups is 1. The highest BCUT2D eigenvalue weighted by atomic mass is 35.5. The van der Waals surface area contributed by atoms with E-state index in [0.717, 1.165) is 58.8 Å². The first-order valence-corrected chi connectivity index (χ1v) is 9.49. The van der Waals surface area contributed by atoms with Gasteiger partial charge in [0.1, 0.15) is 0 Å². The van der Waals surface area contributed by atoms with Gasteiger partial charge in [-0.15, -0.1) is 24.8 Å². The average molecular weight is 396 g/mol. The summed E-state index contributed by atoms with van der Waals surface area (Å²) < 4.78 is 5.52. The van der Waals surface area contributed by atoms with Crippen molar-refractivity contribution in [2.45, 2.75) is 50.5 Å². The fraction of sp³-hybridized carbons (Fsp3) is 0.944. The molecule has 2 heterocycles. The number of nitrogens with one attached hydrogen (secondary N) is 1. The third-order valence-electron chi connectivity index (χ3n) is 6.06. The Morgan fingerprint density at radius 2 is 1.80 bits per heavy atom. The molecule has 1 aliphatic carbocycles. The molecule has 0 aromatic rings. The fourth-order valence-electron chi connectivity index (χ4n) is 4.82. The summed E-state index contributed by atoms with van der Waals surface area (Å²) in [5.41, 5.74) is 0.122. The summed E-state index contributed by atoms with van der Waals surface area (Å²) in [6, 6.07) is 0. The molecule has 1 atom stereocenters. The molecule has 2 saturated heterocycles. The van der Waals surface area contributed by atoms with Crippen molar-refractivity contribution < 1.29 is 9.53 Å². The lowest BCUT2D eigenvalue weighted by atomic mass is 9.88. The van der Waals surface area contributed by atoms with Gasteiger partial charge >= 0.3 is 0 Å². The van der Waals surface area contributed by atoms with E-state index in [0.29, 0.717) is 11.8 Å². The number of rotatable bonds is 5. The third-order valence-corrected chi connectivity index (χ3v) is 6.06. The van der Waals surface area contributed by atoms with Crippen LogP contribution in [0.3, 0.4) is 0 Å². The largest absolute Gasteiger partial charge is 0.379 e. The van der Waals surface area contributed by atoms with Crippen LogP contribution in [-0.2, 0) is 9.53 Å². The second-order valence-corrected chi connectivity index (χ2v) is 7.61. The lowest BCUT2D eigenvalue weighted by Gasteiger charge is -2.44.